The number of phenols is 1. The van der Waals surface area contributed by atoms with Gasteiger partial charge in [-0.1, -0.05) is 5.16 Å². The molecule has 0 atom stereocenters. The van der Waals surface area contributed by atoms with Gasteiger partial charge in [0.05, 0.1) is 19.8 Å². The zero-order valence-electron chi connectivity index (χ0n) is 10.1. The number of nitrogens with zero attached hydrogens (tertiary/aromatic N) is 2. The number of fused-ring (bicyclic) bond motifs is 1. The van der Waals surface area contributed by atoms with E-state index in [4.69, 9.17) is 19.7 Å². The standard InChI is InChI=1S/C12H13N3O4/c13-6-9-14-12(15-19-9)10-7(16)2-3-8-11(10)18-5-1-4-17-8/h2-3,16H,1,4-6,13H2. The molecule has 2 heterocycles. The predicted molar refractivity (Wildman–Crippen MR) is 64.9 cm³/mol. The van der Waals surface area contributed by atoms with Gasteiger partial charge in [-0.15, -0.1) is 0 Å². The summed E-state index contributed by atoms with van der Waals surface area (Å²) in [7, 11) is 0. The van der Waals surface area contributed by atoms with Crippen molar-refractivity contribution in [2.24, 2.45) is 5.73 Å². The lowest BCUT2D eigenvalue weighted by Crippen LogP contribution is -1.98. The number of ether oxygens (including phenoxy) is 2. The second-order valence-electron chi connectivity index (χ2n) is 4.05. The van der Waals surface area contributed by atoms with Gasteiger partial charge in [0.1, 0.15) is 11.3 Å². The van der Waals surface area contributed by atoms with Gasteiger partial charge in [0.25, 0.3) is 0 Å². The first-order valence-corrected chi connectivity index (χ1v) is 5.94. The summed E-state index contributed by atoms with van der Waals surface area (Å²) in [5, 5.41) is 13.8. The largest absolute Gasteiger partial charge is 0.507 e. The molecule has 0 radical (unpaired) electrons. The Morgan fingerprint density at radius 1 is 1.26 bits per heavy atom. The summed E-state index contributed by atoms with van der Waals surface area (Å²) in [4.78, 5) is 4.10. The Balaban J connectivity index is 2.13. The van der Waals surface area contributed by atoms with Crippen LogP contribution in [-0.4, -0.2) is 28.5 Å². The van der Waals surface area contributed by atoms with Crippen molar-refractivity contribution in [3.63, 3.8) is 0 Å². The maximum Gasteiger partial charge on any atom is 0.240 e. The second kappa shape index (κ2) is 4.77. The number of nitrogens with two attached hydrogens (primary N) is 1. The summed E-state index contributed by atoms with van der Waals surface area (Å²) in [6.07, 6.45) is 0.773. The van der Waals surface area contributed by atoms with Gasteiger partial charge in [-0.3, -0.25) is 0 Å². The molecule has 0 spiro atoms. The summed E-state index contributed by atoms with van der Waals surface area (Å²) < 4.78 is 16.1. The van der Waals surface area contributed by atoms with Crippen LogP contribution in [0.25, 0.3) is 11.4 Å². The smallest absolute Gasteiger partial charge is 0.240 e. The van der Waals surface area contributed by atoms with E-state index in [0.29, 0.717) is 36.2 Å². The highest BCUT2D eigenvalue weighted by molar-refractivity contribution is 5.75. The lowest BCUT2D eigenvalue weighted by molar-refractivity contribution is 0.297. The van der Waals surface area contributed by atoms with Gasteiger partial charge in [-0.2, -0.15) is 4.98 Å². The van der Waals surface area contributed by atoms with Crippen LogP contribution in [0.1, 0.15) is 12.3 Å². The first kappa shape index (κ1) is 11.8. The van der Waals surface area contributed by atoms with E-state index in [-0.39, 0.29) is 18.1 Å². The summed E-state index contributed by atoms with van der Waals surface area (Å²) in [6, 6.07) is 3.17. The first-order chi connectivity index (χ1) is 9.29. The quantitative estimate of drug-likeness (QED) is 0.834. The van der Waals surface area contributed by atoms with Crippen LogP contribution in [0.15, 0.2) is 16.7 Å². The van der Waals surface area contributed by atoms with Crippen LogP contribution < -0.4 is 15.2 Å². The van der Waals surface area contributed by atoms with E-state index >= 15 is 0 Å². The van der Waals surface area contributed by atoms with E-state index in [1.807, 2.05) is 0 Å². The summed E-state index contributed by atoms with van der Waals surface area (Å²) in [5.74, 6) is 1.53. The molecule has 0 unspecified atom stereocenters. The number of hydrogen-bond donors (Lipinski definition) is 2. The first-order valence-electron chi connectivity index (χ1n) is 5.94. The molecule has 19 heavy (non-hydrogen) atoms. The Morgan fingerprint density at radius 2 is 2.11 bits per heavy atom. The molecule has 1 aliphatic rings. The molecule has 7 nitrogen and oxygen atoms in total. The molecular formula is C12H13N3O4. The topological polar surface area (TPSA) is 104 Å². The number of benzene rings is 1. The summed E-state index contributed by atoms with van der Waals surface area (Å²) in [6.45, 7) is 1.21. The van der Waals surface area contributed by atoms with E-state index in [1.54, 1.807) is 6.07 Å². The van der Waals surface area contributed by atoms with Crippen molar-refractivity contribution < 1.29 is 19.1 Å². The van der Waals surface area contributed by atoms with Crippen molar-refractivity contribution in [1.29, 1.82) is 0 Å². The zero-order chi connectivity index (χ0) is 13.2. The molecule has 0 aliphatic carbocycles. The molecule has 3 rings (SSSR count). The second-order valence-corrected chi connectivity index (χ2v) is 4.05. The van der Waals surface area contributed by atoms with Crippen molar-refractivity contribution in [2.75, 3.05) is 13.2 Å². The molecule has 0 fully saturated rings. The van der Waals surface area contributed by atoms with Crippen LogP contribution in [0, 0.1) is 0 Å². The summed E-state index contributed by atoms with van der Waals surface area (Å²) in [5.41, 5.74) is 5.79. The van der Waals surface area contributed by atoms with Gasteiger partial charge >= 0.3 is 0 Å². The fourth-order valence-electron chi connectivity index (χ4n) is 1.88. The van der Waals surface area contributed by atoms with E-state index in [9.17, 15) is 5.11 Å². The lowest BCUT2D eigenvalue weighted by Gasteiger charge is -2.11. The Hall–Kier alpha value is -2.28. The van der Waals surface area contributed by atoms with Crippen LogP contribution in [0.4, 0.5) is 0 Å². The van der Waals surface area contributed by atoms with Gasteiger partial charge in [0.2, 0.25) is 11.7 Å². The Labute approximate surface area is 108 Å². The van der Waals surface area contributed by atoms with Crippen molar-refractivity contribution in [2.45, 2.75) is 13.0 Å². The molecule has 2 aromatic rings. The highest BCUT2D eigenvalue weighted by Gasteiger charge is 2.23. The van der Waals surface area contributed by atoms with E-state index < -0.39 is 0 Å². The fraction of sp³-hybridized carbons (Fsp3) is 0.333. The van der Waals surface area contributed by atoms with Crippen LogP contribution in [0.2, 0.25) is 0 Å². The van der Waals surface area contributed by atoms with Crippen LogP contribution in [0.5, 0.6) is 17.2 Å². The van der Waals surface area contributed by atoms with E-state index in [1.165, 1.54) is 6.07 Å². The van der Waals surface area contributed by atoms with E-state index in [2.05, 4.69) is 10.1 Å². The monoisotopic (exact) mass is 263 g/mol. The van der Waals surface area contributed by atoms with E-state index in [0.717, 1.165) is 6.42 Å². The third-order valence-corrected chi connectivity index (χ3v) is 2.76. The summed E-state index contributed by atoms with van der Waals surface area (Å²) >= 11 is 0. The highest BCUT2D eigenvalue weighted by Crippen LogP contribution is 2.43. The van der Waals surface area contributed by atoms with Crippen LogP contribution in [0.3, 0.4) is 0 Å². The van der Waals surface area contributed by atoms with Crippen molar-refractivity contribution in [1.82, 2.24) is 10.1 Å². The number of phenolic OH excluding ortho intramolecular Hbond substituents is 1. The Bertz CT molecular complexity index is 597. The Kier molecular flexibility index (Phi) is 2.96. The fourth-order valence-corrected chi connectivity index (χ4v) is 1.88. The average Bonchev–Trinajstić information content (AvgIpc) is 2.76. The predicted octanol–water partition coefficient (Wildman–Crippen LogP) is 1.06. The normalized spacial score (nSPS) is 14.2. The van der Waals surface area contributed by atoms with Crippen LogP contribution in [-0.2, 0) is 6.54 Å². The van der Waals surface area contributed by atoms with Crippen LogP contribution >= 0.6 is 0 Å². The highest BCUT2D eigenvalue weighted by atomic mass is 16.5. The van der Waals surface area contributed by atoms with Gasteiger partial charge < -0.3 is 24.8 Å². The molecule has 1 aromatic carbocycles. The van der Waals surface area contributed by atoms with Crippen molar-refractivity contribution in [3.8, 4) is 28.6 Å². The maximum absolute atomic E-state index is 10.0. The molecule has 0 saturated carbocycles. The minimum Gasteiger partial charge on any atom is -0.507 e. The molecule has 1 aliphatic heterocycles. The number of rotatable bonds is 2. The van der Waals surface area contributed by atoms with Gasteiger partial charge in [0, 0.05) is 6.42 Å². The van der Waals surface area contributed by atoms with Crippen molar-refractivity contribution in [3.05, 3.63) is 18.0 Å². The molecule has 0 bridgehead atoms. The van der Waals surface area contributed by atoms with Crippen molar-refractivity contribution >= 4 is 0 Å². The SMILES string of the molecule is NCc1nc(-c2c(O)ccc3c2OCCCO3)no1. The minimum atomic E-state index is 0.00798. The number of aromatic hydroxyl groups is 1. The number of aromatic nitrogens is 2. The number of hydrogen-bond acceptors (Lipinski definition) is 7. The third kappa shape index (κ3) is 2.08. The maximum atomic E-state index is 10.0. The molecule has 0 amide bonds. The minimum absolute atomic E-state index is 0.00798. The third-order valence-electron chi connectivity index (χ3n) is 2.76. The van der Waals surface area contributed by atoms with Gasteiger partial charge in [0.15, 0.2) is 11.5 Å². The molecule has 1 aromatic heterocycles. The molecule has 3 N–H and O–H groups in total. The average molecular weight is 263 g/mol. The molecule has 100 valence electrons. The molecular weight excluding hydrogens is 250 g/mol. The zero-order valence-corrected chi connectivity index (χ0v) is 10.1. The van der Waals surface area contributed by atoms with Gasteiger partial charge in [-0.25, -0.2) is 0 Å². The molecule has 7 heteroatoms. The molecule has 0 saturated heterocycles. The lowest BCUT2D eigenvalue weighted by atomic mass is 10.1. The Morgan fingerprint density at radius 3 is 2.89 bits per heavy atom. The van der Waals surface area contributed by atoms with Gasteiger partial charge in [-0.05, 0) is 12.1 Å².